The average Bonchev–Trinajstić information content (AvgIpc) is 2.89. The number of aliphatic hydroxyl groups is 3. The molecule has 1 saturated carbocycles. The lowest BCUT2D eigenvalue weighted by Gasteiger charge is -2.41. The number of aliphatic hydroxyl groups excluding tert-OH is 3. The van der Waals surface area contributed by atoms with Crippen molar-refractivity contribution in [3.8, 4) is 0 Å². The van der Waals surface area contributed by atoms with E-state index >= 15 is 0 Å². The largest absolute Gasteiger partial charge is 0.394 e. The van der Waals surface area contributed by atoms with Crippen molar-refractivity contribution in [1.82, 2.24) is 0 Å². The van der Waals surface area contributed by atoms with Gasteiger partial charge in [-0.3, -0.25) is 0 Å². The third kappa shape index (κ3) is 2.84. The summed E-state index contributed by atoms with van der Waals surface area (Å²) in [5.41, 5.74) is 0. The Kier molecular flexibility index (Phi) is 4.87. The van der Waals surface area contributed by atoms with Crippen LogP contribution in [-0.4, -0.2) is 64.3 Å². The van der Waals surface area contributed by atoms with Gasteiger partial charge >= 0.3 is 0 Å². The van der Waals surface area contributed by atoms with Crippen LogP contribution in [0.4, 0.5) is 0 Å². The summed E-state index contributed by atoms with van der Waals surface area (Å²) in [5.74, 6) is -0.672. The molecule has 0 radical (unpaired) electrons. The lowest BCUT2D eigenvalue weighted by Crippen LogP contribution is -2.59. The molecular weight excluding hydrogens is 288 g/mol. The molecule has 2 aliphatic heterocycles. The molecule has 1 spiro atoms. The molecule has 2 saturated heterocycles. The van der Waals surface area contributed by atoms with Crippen molar-refractivity contribution in [2.45, 2.75) is 80.9 Å². The van der Waals surface area contributed by atoms with Gasteiger partial charge in [-0.2, -0.15) is 0 Å². The number of hydrogen-bond donors (Lipinski definition) is 3. The smallest absolute Gasteiger partial charge is 0.169 e. The van der Waals surface area contributed by atoms with Crippen LogP contribution >= 0.6 is 0 Å². The van der Waals surface area contributed by atoms with E-state index in [2.05, 4.69) is 6.58 Å². The van der Waals surface area contributed by atoms with E-state index in [1.165, 1.54) is 0 Å². The molecule has 0 bridgehead atoms. The van der Waals surface area contributed by atoms with Gasteiger partial charge in [0.25, 0.3) is 0 Å². The predicted octanol–water partition coefficient (Wildman–Crippen LogP) is 0.488. The van der Waals surface area contributed by atoms with Gasteiger partial charge in [-0.05, 0) is 19.3 Å². The van der Waals surface area contributed by atoms with Gasteiger partial charge in [-0.15, -0.1) is 6.58 Å². The highest BCUT2D eigenvalue weighted by Crippen LogP contribution is 2.45. The molecule has 2 heterocycles. The first-order valence-electron chi connectivity index (χ1n) is 8.19. The number of hydrogen-bond acceptors (Lipinski definition) is 6. The zero-order valence-electron chi connectivity index (χ0n) is 12.8. The number of fused-ring (bicyclic) bond motifs is 1. The second-order valence-electron chi connectivity index (χ2n) is 6.54. The molecule has 6 nitrogen and oxygen atoms in total. The Morgan fingerprint density at radius 1 is 1.18 bits per heavy atom. The van der Waals surface area contributed by atoms with E-state index in [9.17, 15) is 15.3 Å². The van der Waals surface area contributed by atoms with Crippen molar-refractivity contribution in [2.24, 2.45) is 0 Å². The van der Waals surface area contributed by atoms with E-state index in [1.54, 1.807) is 6.08 Å². The van der Waals surface area contributed by atoms with Gasteiger partial charge in [0.1, 0.15) is 30.5 Å². The molecular formula is C16H26O6. The Bertz CT molecular complexity index is 394. The van der Waals surface area contributed by atoms with E-state index in [1.807, 2.05) is 0 Å². The van der Waals surface area contributed by atoms with Crippen LogP contribution in [0.5, 0.6) is 0 Å². The van der Waals surface area contributed by atoms with Crippen molar-refractivity contribution in [3.05, 3.63) is 12.7 Å². The van der Waals surface area contributed by atoms with Gasteiger partial charge in [0, 0.05) is 12.8 Å². The minimum absolute atomic E-state index is 0.416. The zero-order valence-corrected chi connectivity index (χ0v) is 12.8. The van der Waals surface area contributed by atoms with Gasteiger partial charge in [0.05, 0.1) is 12.7 Å². The van der Waals surface area contributed by atoms with Crippen LogP contribution < -0.4 is 0 Å². The van der Waals surface area contributed by atoms with Gasteiger partial charge in [0.2, 0.25) is 0 Å². The van der Waals surface area contributed by atoms with Gasteiger partial charge in [-0.25, -0.2) is 0 Å². The Hall–Kier alpha value is -0.500. The van der Waals surface area contributed by atoms with Crippen LogP contribution in [0.2, 0.25) is 0 Å². The molecule has 3 N–H and O–H groups in total. The second-order valence-corrected chi connectivity index (χ2v) is 6.54. The molecule has 6 atom stereocenters. The van der Waals surface area contributed by atoms with Crippen LogP contribution in [0, 0.1) is 0 Å². The predicted molar refractivity (Wildman–Crippen MR) is 78.1 cm³/mol. The Balaban J connectivity index is 1.82. The summed E-state index contributed by atoms with van der Waals surface area (Å²) < 4.78 is 18.1. The lowest BCUT2D eigenvalue weighted by molar-refractivity contribution is -0.217. The van der Waals surface area contributed by atoms with Crippen molar-refractivity contribution in [3.63, 3.8) is 0 Å². The maximum atomic E-state index is 10.5. The molecule has 1 aliphatic carbocycles. The molecule has 0 aromatic heterocycles. The molecule has 126 valence electrons. The van der Waals surface area contributed by atoms with Gasteiger partial charge < -0.3 is 29.5 Å². The van der Waals surface area contributed by atoms with Crippen molar-refractivity contribution < 1.29 is 29.5 Å². The Morgan fingerprint density at radius 3 is 2.50 bits per heavy atom. The van der Waals surface area contributed by atoms with Crippen molar-refractivity contribution in [2.75, 3.05) is 6.61 Å². The normalized spacial score (nSPS) is 42.0. The van der Waals surface area contributed by atoms with Gasteiger partial charge in [-0.1, -0.05) is 12.5 Å². The topological polar surface area (TPSA) is 88.4 Å². The molecule has 1 unspecified atom stereocenters. The maximum absolute atomic E-state index is 10.5. The first-order chi connectivity index (χ1) is 10.6. The highest BCUT2D eigenvalue weighted by atomic mass is 16.8. The zero-order chi connectivity index (χ0) is 15.7. The molecule has 3 fully saturated rings. The SMILES string of the molecule is C=CC[C@@H]1O[C@@H]([C@H](O)CO)[C@H]2OC3(CCCCC3)OC2[C@H]1O. The fraction of sp³-hybridized carbons (Fsp3) is 0.875. The fourth-order valence-electron chi connectivity index (χ4n) is 3.85. The summed E-state index contributed by atoms with van der Waals surface area (Å²) >= 11 is 0. The third-order valence-corrected chi connectivity index (χ3v) is 4.98. The Morgan fingerprint density at radius 2 is 1.86 bits per heavy atom. The molecule has 6 heteroatoms. The van der Waals surface area contributed by atoms with E-state index in [4.69, 9.17) is 14.2 Å². The summed E-state index contributed by atoms with van der Waals surface area (Å²) in [6, 6.07) is 0. The molecule has 0 amide bonds. The second kappa shape index (κ2) is 6.55. The monoisotopic (exact) mass is 314 g/mol. The Labute approximate surface area is 130 Å². The van der Waals surface area contributed by atoms with E-state index in [0.717, 1.165) is 32.1 Å². The highest BCUT2D eigenvalue weighted by molar-refractivity contribution is 5.03. The number of rotatable bonds is 4. The summed E-state index contributed by atoms with van der Waals surface area (Å²) in [5, 5.41) is 29.9. The molecule has 0 aromatic carbocycles. The lowest BCUT2D eigenvalue weighted by atomic mass is 9.91. The van der Waals surface area contributed by atoms with Crippen LogP contribution in [-0.2, 0) is 14.2 Å². The first-order valence-corrected chi connectivity index (χ1v) is 8.19. The third-order valence-electron chi connectivity index (χ3n) is 4.98. The summed E-state index contributed by atoms with van der Waals surface area (Å²) in [6.07, 6.45) is 2.72. The van der Waals surface area contributed by atoms with Crippen LogP contribution in [0.15, 0.2) is 12.7 Å². The quantitative estimate of drug-likeness (QED) is 0.655. The van der Waals surface area contributed by atoms with E-state index in [-0.39, 0.29) is 0 Å². The van der Waals surface area contributed by atoms with Gasteiger partial charge in [0.15, 0.2) is 5.79 Å². The molecule has 22 heavy (non-hydrogen) atoms. The average molecular weight is 314 g/mol. The van der Waals surface area contributed by atoms with Crippen LogP contribution in [0.25, 0.3) is 0 Å². The van der Waals surface area contributed by atoms with Crippen molar-refractivity contribution >= 4 is 0 Å². The summed E-state index contributed by atoms with van der Waals surface area (Å²) in [4.78, 5) is 0. The highest BCUT2D eigenvalue weighted by Gasteiger charge is 2.58. The number of ether oxygens (including phenoxy) is 3. The van der Waals surface area contributed by atoms with Crippen LogP contribution in [0.3, 0.4) is 0 Å². The van der Waals surface area contributed by atoms with Crippen LogP contribution in [0.1, 0.15) is 38.5 Å². The minimum Gasteiger partial charge on any atom is -0.394 e. The standard InChI is InChI=1S/C16H26O6/c1-2-6-11-12(19)14-15(13(20-11)10(18)9-17)22-16(21-14)7-4-3-5-8-16/h2,10-15,17-19H,1,3-9H2/t10-,11+,12+,13+,14?,15-/m1/s1. The first kappa shape index (κ1) is 16.4. The molecule has 3 aliphatic rings. The van der Waals surface area contributed by atoms with Crippen molar-refractivity contribution in [1.29, 1.82) is 0 Å². The maximum Gasteiger partial charge on any atom is 0.169 e. The molecule has 3 rings (SSSR count). The van der Waals surface area contributed by atoms with E-state index in [0.29, 0.717) is 6.42 Å². The molecule has 0 aromatic rings. The van der Waals surface area contributed by atoms with E-state index < -0.39 is 49.0 Å². The minimum atomic E-state index is -1.06. The summed E-state index contributed by atoms with van der Waals surface area (Å²) in [6.45, 7) is 3.26. The fourth-order valence-corrected chi connectivity index (χ4v) is 3.85. The summed E-state index contributed by atoms with van der Waals surface area (Å²) in [7, 11) is 0.